The van der Waals surface area contributed by atoms with Crippen LogP contribution in [0.3, 0.4) is 0 Å². The minimum absolute atomic E-state index is 0. The Bertz CT molecular complexity index is 484. The zero-order valence-electron chi connectivity index (χ0n) is 15.0. The molecule has 0 radical (unpaired) electrons. The van der Waals surface area contributed by atoms with Gasteiger partial charge in [-0.2, -0.15) is 0 Å². The minimum Gasteiger partial charge on any atom is -0.493 e. The summed E-state index contributed by atoms with van der Waals surface area (Å²) in [5.41, 5.74) is 1.28. The molecule has 1 aromatic carbocycles. The van der Waals surface area contributed by atoms with Gasteiger partial charge in [0.15, 0.2) is 11.5 Å². The van der Waals surface area contributed by atoms with Gasteiger partial charge in [-0.15, -0.1) is 12.4 Å². The topological polar surface area (TPSA) is 33.7 Å². The van der Waals surface area contributed by atoms with Crippen LogP contribution in [-0.2, 0) is 6.42 Å². The fourth-order valence-corrected chi connectivity index (χ4v) is 3.26. The predicted octanol–water partition coefficient (Wildman–Crippen LogP) is 2.99. The van der Waals surface area contributed by atoms with E-state index in [2.05, 4.69) is 43.2 Å². The summed E-state index contributed by atoms with van der Waals surface area (Å²) in [6.45, 7) is 6.83. The van der Waals surface area contributed by atoms with Gasteiger partial charge in [0.25, 0.3) is 0 Å². The quantitative estimate of drug-likeness (QED) is 0.861. The SMILES string of the molecule is COc1ccc(CCNC2CC(C)N(C)CC2C)cc1OC.Cl. The summed E-state index contributed by atoms with van der Waals surface area (Å²) in [4.78, 5) is 2.46. The van der Waals surface area contributed by atoms with Gasteiger partial charge < -0.3 is 19.7 Å². The molecule has 132 valence electrons. The maximum Gasteiger partial charge on any atom is 0.160 e. The third-order valence-corrected chi connectivity index (χ3v) is 4.88. The Morgan fingerprint density at radius 3 is 2.52 bits per heavy atom. The number of likely N-dealkylation sites (tertiary alicyclic amines) is 1. The van der Waals surface area contributed by atoms with Crippen molar-refractivity contribution in [2.45, 2.75) is 38.8 Å². The molecule has 1 saturated heterocycles. The van der Waals surface area contributed by atoms with Crippen molar-refractivity contribution in [1.82, 2.24) is 10.2 Å². The van der Waals surface area contributed by atoms with Gasteiger partial charge in [0.1, 0.15) is 0 Å². The molecule has 23 heavy (non-hydrogen) atoms. The molecule has 0 bridgehead atoms. The smallest absolute Gasteiger partial charge is 0.160 e. The van der Waals surface area contributed by atoms with Crippen molar-refractivity contribution in [1.29, 1.82) is 0 Å². The van der Waals surface area contributed by atoms with Gasteiger partial charge >= 0.3 is 0 Å². The van der Waals surface area contributed by atoms with Gasteiger partial charge in [-0.25, -0.2) is 0 Å². The highest BCUT2D eigenvalue weighted by atomic mass is 35.5. The minimum atomic E-state index is 0. The summed E-state index contributed by atoms with van der Waals surface area (Å²) in [5.74, 6) is 2.30. The fraction of sp³-hybridized carbons (Fsp3) is 0.667. The van der Waals surface area contributed by atoms with Crippen LogP contribution in [0.5, 0.6) is 11.5 Å². The summed E-state index contributed by atoms with van der Waals surface area (Å²) in [7, 11) is 5.57. The number of rotatable bonds is 6. The molecular weight excluding hydrogens is 312 g/mol. The Hall–Kier alpha value is -0.970. The second kappa shape index (κ2) is 9.36. The van der Waals surface area contributed by atoms with Gasteiger partial charge in [0.2, 0.25) is 0 Å². The first-order valence-electron chi connectivity index (χ1n) is 8.19. The number of piperidine rings is 1. The molecule has 0 aliphatic carbocycles. The van der Waals surface area contributed by atoms with E-state index in [1.807, 2.05) is 6.07 Å². The van der Waals surface area contributed by atoms with Crippen LogP contribution in [0.4, 0.5) is 0 Å². The third kappa shape index (κ3) is 5.27. The zero-order valence-corrected chi connectivity index (χ0v) is 15.8. The standard InChI is InChI=1S/C18H30N2O2.ClH/c1-13-12-20(3)14(2)10-16(13)19-9-8-15-6-7-17(21-4)18(11-15)22-5;/h6-7,11,13-14,16,19H,8-10,12H2,1-5H3;1H. The largest absolute Gasteiger partial charge is 0.493 e. The van der Waals surface area contributed by atoms with E-state index in [0.29, 0.717) is 18.0 Å². The van der Waals surface area contributed by atoms with E-state index in [4.69, 9.17) is 9.47 Å². The van der Waals surface area contributed by atoms with Crippen molar-refractivity contribution >= 4 is 12.4 Å². The lowest BCUT2D eigenvalue weighted by molar-refractivity contribution is 0.122. The normalized spacial score (nSPS) is 24.8. The van der Waals surface area contributed by atoms with Gasteiger partial charge in [-0.3, -0.25) is 0 Å². The lowest BCUT2D eigenvalue weighted by atomic mass is 9.90. The molecule has 1 aliphatic rings. The monoisotopic (exact) mass is 342 g/mol. The van der Waals surface area contributed by atoms with Crippen molar-refractivity contribution in [3.63, 3.8) is 0 Å². The number of halogens is 1. The molecule has 0 aromatic heterocycles. The maximum absolute atomic E-state index is 5.37. The molecule has 1 N–H and O–H groups in total. The van der Waals surface area contributed by atoms with Crippen LogP contribution in [0, 0.1) is 5.92 Å². The Morgan fingerprint density at radius 1 is 1.17 bits per heavy atom. The third-order valence-electron chi connectivity index (χ3n) is 4.88. The number of hydrogen-bond donors (Lipinski definition) is 1. The molecule has 2 rings (SSSR count). The van der Waals surface area contributed by atoms with Crippen LogP contribution in [-0.4, -0.2) is 51.3 Å². The lowest BCUT2D eigenvalue weighted by Gasteiger charge is -2.40. The number of methoxy groups -OCH3 is 2. The fourth-order valence-electron chi connectivity index (χ4n) is 3.26. The first-order chi connectivity index (χ1) is 10.5. The number of ether oxygens (including phenoxy) is 2. The van der Waals surface area contributed by atoms with E-state index < -0.39 is 0 Å². The average Bonchev–Trinajstić information content (AvgIpc) is 2.52. The van der Waals surface area contributed by atoms with E-state index >= 15 is 0 Å². The number of nitrogens with one attached hydrogen (secondary N) is 1. The molecule has 0 amide bonds. The molecule has 0 saturated carbocycles. The van der Waals surface area contributed by atoms with Crippen molar-refractivity contribution in [2.75, 3.05) is 34.4 Å². The number of hydrogen-bond acceptors (Lipinski definition) is 4. The maximum atomic E-state index is 5.37. The van der Waals surface area contributed by atoms with E-state index in [1.54, 1.807) is 14.2 Å². The molecule has 0 spiro atoms. The molecule has 5 heteroatoms. The van der Waals surface area contributed by atoms with Gasteiger partial charge in [0, 0.05) is 18.6 Å². The van der Waals surface area contributed by atoms with E-state index in [0.717, 1.165) is 24.5 Å². The predicted molar refractivity (Wildman–Crippen MR) is 98.2 cm³/mol. The van der Waals surface area contributed by atoms with Crippen LogP contribution in [0.25, 0.3) is 0 Å². The first-order valence-corrected chi connectivity index (χ1v) is 8.19. The van der Waals surface area contributed by atoms with Gasteiger partial charge in [-0.1, -0.05) is 13.0 Å². The summed E-state index contributed by atoms with van der Waals surface area (Å²) in [5, 5.41) is 3.74. The van der Waals surface area contributed by atoms with Crippen molar-refractivity contribution in [2.24, 2.45) is 5.92 Å². The Labute approximate surface area is 146 Å². The highest BCUT2D eigenvalue weighted by Gasteiger charge is 2.28. The Morgan fingerprint density at radius 2 is 1.87 bits per heavy atom. The van der Waals surface area contributed by atoms with E-state index in [9.17, 15) is 0 Å². The Balaban J connectivity index is 0.00000264. The summed E-state index contributed by atoms with van der Waals surface area (Å²) < 4.78 is 10.6. The molecule has 3 atom stereocenters. The first kappa shape index (κ1) is 20.1. The van der Waals surface area contributed by atoms with Crippen LogP contribution in [0.1, 0.15) is 25.8 Å². The number of nitrogens with zero attached hydrogens (tertiary/aromatic N) is 1. The molecule has 4 nitrogen and oxygen atoms in total. The average molecular weight is 343 g/mol. The highest BCUT2D eigenvalue weighted by Crippen LogP contribution is 2.27. The van der Waals surface area contributed by atoms with E-state index in [-0.39, 0.29) is 12.4 Å². The van der Waals surface area contributed by atoms with Crippen LogP contribution < -0.4 is 14.8 Å². The highest BCUT2D eigenvalue weighted by molar-refractivity contribution is 5.85. The lowest BCUT2D eigenvalue weighted by Crippen LogP contribution is -2.51. The molecule has 1 fully saturated rings. The Kier molecular flexibility index (Phi) is 8.17. The van der Waals surface area contributed by atoms with Crippen LogP contribution in [0.15, 0.2) is 18.2 Å². The molecule has 1 aliphatic heterocycles. The van der Waals surface area contributed by atoms with E-state index in [1.165, 1.54) is 18.5 Å². The van der Waals surface area contributed by atoms with Crippen LogP contribution in [0.2, 0.25) is 0 Å². The molecule has 3 unspecified atom stereocenters. The second-order valence-electron chi connectivity index (χ2n) is 6.50. The zero-order chi connectivity index (χ0) is 16.1. The van der Waals surface area contributed by atoms with Crippen LogP contribution >= 0.6 is 12.4 Å². The second-order valence-corrected chi connectivity index (χ2v) is 6.50. The molecule has 1 heterocycles. The number of benzene rings is 1. The summed E-state index contributed by atoms with van der Waals surface area (Å²) in [6.07, 6.45) is 2.23. The molecule has 1 aromatic rings. The summed E-state index contributed by atoms with van der Waals surface area (Å²) >= 11 is 0. The van der Waals surface area contributed by atoms with Crippen molar-refractivity contribution in [3.05, 3.63) is 23.8 Å². The van der Waals surface area contributed by atoms with Crippen molar-refractivity contribution < 1.29 is 9.47 Å². The summed E-state index contributed by atoms with van der Waals surface area (Å²) in [6, 6.07) is 7.44. The van der Waals surface area contributed by atoms with Gasteiger partial charge in [-0.05, 0) is 57.0 Å². The molecular formula is C18H31ClN2O2. The van der Waals surface area contributed by atoms with Gasteiger partial charge in [0.05, 0.1) is 14.2 Å². The van der Waals surface area contributed by atoms with Crippen molar-refractivity contribution in [3.8, 4) is 11.5 Å².